The molecule has 36 heavy (non-hydrogen) atoms. The van der Waals surface area contributed by atoms with E-state index in [0.29, 0.717) is 28.3 Å². The molecule has 1 saturated heterocycles. The minimum absolute atomic E-state index is 0.0848. The van der Waals surface area contributed by atoms with E-state index in [9.17, 15) is 14.7 Å². The van der Waals surface area contributed by atoms with Gasteiger partial charge in [0.15, 0.2) is 11.5 Å². The van der Waals surface area contributed by atoms with Gasteiger partial charge in [0.05, 0.1) is 29.2 Å². The van der Waals surface area contributed by atoms with E-state index in [4.69, 9.17) is 27.9 Å². The van der Waals surface area contributed by atoms with Crippen molar-refractivity contribution < 1.29 is 19.4 Å². The van der Waals surface area contributed by atoms with Gasteiger partial charge in [-0.1, -0.05) is 78.3 Å². The number of benzene rings is 3. The van der Waals surface area contributed by atoms with Crippen LogP contribution in [-0.2, 0) is 15.0 Å². The predicted molar refractivity (Wildman–Crippen MR) is 141 cm³/mol. The molecule has 1 aliphatic heterocycles. The van der Waals surface area contributed by atoms with Crippen LogP contribution in [0.4, 0.5) is 5.69 Å². The Kier molecular flexibility index (Phi) is 6.15. The van der Waals surface area contributed by atoms with Crippen LogP contribution >= 0.6 is 23.2 Å². The summed E-state index contributed by atoms with van der Waals surface area (Å²) >= 11 is 12.6. The Morgan fingerprint density at radius 1 is 1.08 bits per heavy atom. The van der Waals surface area contributed by atoms with Crippen LogP contribution in [0.3, 0.4) is 0 Å². The Hall–Kier alpha value is -3.54. The van der Waals surface area contributed by atoms with Crippen molar-refractivity contribution in [3.8, 4) is 11.5 Å². The number of carbonyl (C=O) groups excluding carboxylic acids is 2. The van der Waals surface area contributed by atoms with Crippen molar-refractivity contribution in [1.82, 2.24) is 0 Å². The maximum Gasteiger partial charge on any atom is 0.246 e. The summed E-state index contributed by atoms with van der Waals surface area (Å²) in [4.78, 5) is 29.8. The van der Waals surface area contributed by atoms with Crippen molar-refractivity contribution in [1.29, 1.82) is 0 Å². The molecule has 1 fully saturated rings. The molecule has 1 heterocycles. The number of ether oxygens (including phenoxy) is 1. The van der Waals surface area contributed by atoms with E-state index in [2.05, 4.69) is 6.58 Å². The molecule has 3 unspecified atom stereocenters. The first kappa shape index (κ1) is 24.2. The first-order chi connectivity index (χ1) is 17.3. The van der Waals surface area contributed by atoms with Crippen molar-refractivity contribution >= 4 is 40.7 Å². The summed E-state index contributed by atoms with van der Waals surface area (Å²) in [5.74, 6) is -1.97. The minimum Gasteiger partial charge on any atom is -0.503 e. The Morgan fingerprint density at radius 3 is 2.50 bits per heavy atom. The van der Waals surface area contributed by atoms with Gasteiger partial charge < -0.3 is 9.84 Å². The molecule has 2 aliphatic rings. The number of phenolic OH excluding ortho intramolecular Hbond substituents is 1. The molecule has 3 atom stereocenters. The number of hydrogen-bond donors (Lipinski definition) is 1. The fourth-order valence-corrected chi connectivity index (χ4v) is 6.07. The Labute approximate surface area is 219 Å². The largest absolute Gasteiger partial charge is 0.503 e. The SMILES string of the molecule is C=CC1=CCC2C(=O)N(c3cccc(Cl)c3)C(=O)C2(c2ccccc2)C1c1cc(Cl)c(O)c(OC)c1. The number of aromatic hydroxyl groups is 1. The molecule has 3 aromatic carbocycles. The molecule has 5 rings (SSSR count). The number of amides is 2. The van der Waals surface area contributed by atoms with Crippen LogP contribution in [0.1, 0.15) is 23.5 Å². The highest BCUT2D eigenvalue weighted by molar-refractivity contribution is 6.33. The van der Waals surface area contributed by atoms with Gasteiger partial charge in [-0.2, -0.15) is 0 Å². The van der Waals surface area contributed by atoms with Gasteiger partial charge in [-0.05, 0) is 53.5 Å². The number of allylic oxidation sites excluding steroid dienone is 3. The first-order valence-corrected chi connectivity index (χ1v) is 12.2. The summed E-state index contributed by atoms with van der Waals surface area (Å²) in [5, 5.41) is 10.9. The molecule has 0 bridgehead atoms. The summed E-state index contributed by atoms with van der Waals surface area (Å²) in [7, 11) is 1.43. The van der Waals surface area contributed by atoms with E-state index in [-0.39, 0.29) is 28.3 Å². The number of carbonyl (C=O) groups is 2. The number of anilines is 1. The van der Waals surface area contributed by atoms with Gasteiger partial charge in [-0.25, -0.2) is 4.90 Å². The lowest BCUT2D eigenvalue weighted by molar-refractivity contribution is -0.123. The molecule has 3 aromatic rings. The Morgan fingerprint density at radius 2 is 1.83 bits per heavy atom. The third kappa shape index (κ3) is 3.46. The third-order valence-corrected chi connectivity index (χ3v) is 7.68. The van der Waals surface area contributed by atoms with Crippen LogP contribution in [0.5, 0.6) is 11.5 Å². The summed E-state index contributed by atoms with van der Waals surface area (Å²) in [5.41, 5.74) is 1.25. The number of methoxy groups -OCH3 is 1. The molecule has 0 saturated carbocycles. The van der Waals surface area contributed by atoms with Gasteiger partial charge in [0.2, 0.25) is 11.8 Å². The average molecular weight is 520 g/mol. The zero-order chi connectivity index (χ0) is 25.6. The highest BCUT2D eigenvalue weighted by Gasteiger charge is 2.65. The van der Waals surface area contributed by atoms with E-state index in [1.54, 1.807) is 42.5 Å². The van der Waals surface area contributed by atoms with Crippen LogP contribution in [0.25, 0.3) is 0 Å². The lowest BCUT2D eigenvalue weighted by Gasteiger charge is -2.43. The second-order valence-corrected chi connectivity index (χ2v) is 9.72. The number of phenols is 1. The number of fused-ring (bicyclic) bond motifs is 1. The van der Waals surface area contributed by atoms with Crippen molar-refractivity contribution in [2.24, 2.45) is 5.92 Å². The third-order valence-electron chi connectivity index (χ3n) is 7.16. The van der Waals surface area contributed by atoms with Crippen LogP contribution in [0.15, 0.2) is 91.0 Å². The van der Waals surface area contributed by atoms with Gasteiger partial charge in [-0.3, -0.25) is 9.59 Å². The summed E-state index contributed by atoms with van der Waals surface area (Å²) in [6.07, 6.45) is 4.01. The summed E-state index contributed by atoms with van der Waals surface area (Å²) in [6, 6.07) is 19.3. The van der Waals surface area contributed by atoms with Gasteiger partial charge >= 0.3 is 0 Å². The van der Waals surface area contributed by atoms with Crippen LogP contribution in [-0.4, -0.2) is 24.0 Å². The van der Waals surface area contributed by atoms with E-state index >= 15 is 0 Å². The van der Waals surface area contributed by atoms with Crippen LogP contribution < -0.4 is 9.64 Å². The molecule has 7 heteroatoms. The van der Waals surface area contributed by atoms with Crippen LogP contribution in [0, 0.1) is 5.92 Å². The van der Waals surface area contributed by atoms with Crippen molar-refractivity contribution in [2.75, 3.05) is 12.0 Å². The zero-order valence-corrected chi connectivity index (χ0v) is 21.0. The zero-order valence-electron chi connectivity index (χ0n) is 19.4. The first-order valence-electron chi connectivity index (χ1n) is 11.4. The maximum absolute atomic E-state index is 14.6. The lowest BCUT2D eigenvalue weighted by Crippen LogP contribution is -2.48. The lowest BCUT2D eigenvalue weighted by atomic mass is 9.56. The molecule has 0 radical (unpaired) electrons. The molecule has 1 N–H and O–H groups in total. The highest BCUT2D eigenvalue weighted by Crippen LogP contribution is 2.59. The normalized spacial score (nSPS) is 23.3. The average Bonchev–Trinajstić information content (AvgIpc) is 3.12. The van der Waals surface area contributed by atoms with E-state index in [0.717, 1.165) is 5.57 Å². The number of nitrogens with zero attached hydrogens (tertiary/aromatic N) is 1. The summed E-state index contributed by atoms with van der Waals surface area (Å²) < 4.78 is 5.37. The fourth-order valence-electron chi connectivity index (χ4n) is 5.67. The smallest absolute Gasteiger partial charge is 0.246 e. The molecule has 0 spiro atoms. The maximum atomic E-state index is 14.6. The minimum atomic E-state index is -1.29. The number of halogens is 2. The van der Waals surface area contributed by atoms with Crippen molar-refractivity contribution in [3.05, 3.63) is 112 Å². The topological polar surface area (TPSA) is 66.8 Å². The number of imide groups is 1. The van der Waals surface area contributed by atoms with Crippen molar-refractivity contribution in [2.45, 2.75) is 17.8 Å². The molecular formula is C29H23Cl2NO4. The summed E-state index contributed by atoms with van der Waals surface area (Å²) in [6.45, 7) is 4.01. The van der Waals surface area contributed by atoms with E-state index in [1.807, 2.05) is 36.4 Å². The molecule has 1 aliphatic carbocycles. The van der Waals surface area contributed by atoms with Gasteiger partial charge in [0, 0.05) is 10.9 Å². The van der Waals surface area contributed by atoms with Crippen molar-refractivity contribution in [3.63, 3.8) is 0 Å². The monoisotopic (exact) mass is 519 g/mol. The van der Waals surface area contributed by atoms with E-state index in [1.165, 1.54) is 12.0 Å². The quantitative estimate of drug-likeness (QED) is 0.394. The molecule has 2 amide bonds. The van der Waals surface area contributed by atoms with Gasteiger partial charge in [-0.15, -0.1) is 0 Å². The Bertz CT molecular complexity index is 1420. The standard InChI is InChI=1S/C29H23Cl2NO4/c1-3-17-12-13-22-27(34)32(21-11-7-10-20(30)16-21)28(35)29(22,19-8-5-4-6-9-19)25(17)18-14-23(31)26(33)24(15-18)36-2/h3-12,14-16,22,25,33H,1,13H2,2H3. The molecule has 5 nitrogen and oxygen atoms in total. The predicted octanol–water partition coefficient (Wildman–Crippen LogP) is 6.43. The second-order valence-electron chi connectivity index (χ2n) is 8.88. The van der Waals surface area contributed by atoms with Crippen LogP contribution in [0.2, 0.25) is 10.0 Å². The van der Waals surface area contributed by atoms with Gasteiger partial charge in [0.25, 0.3) is 0 Å². The Balaban J connectivity index is 1.83. The highest BCUT2D eigenvalue weighted by atomic mass is 35.5. The van der Waals surface area contributed by atoms with E-state index < -0.39 is 17.3 Å². The molecule has 182 valence electrons. The van der Waals surface area contributed by atoms with Gasteiger partial charge in [0.1, 0.15) is 0 Å². The molecular weight excluding hydrogens is 497 g/mol. The number of rotatable bonds is 5. The fraction of sp³-hybridized carbons (Fsp3) is 0.172. The number of hydrogen-bond acceptors (Lipinski definition) is 4. The molecule has 0 aromatic heterocycles. The second kappa shape index (κ2) is 9.16.